The van der Waals surface area contributed by atoms with Gasteiger partial charge in [-0.1, -0.05) is 13.8 Å². The first kappa shape index (κ1) is 14.3. The van der Waals surface area contributed by atoms with Gasteiger partial charge < -0.3 is 15.2 Å². The van der Waals surface area contributed by atoms with Gasteiger partial charge in [-0.25, -0.2) is 15.0 Å². The smallest absolute Gasteiger partial charge is 0.182 e. The van der Waals surface area contributed by atoms with Gasteiger partial charge in [0.25, 0.3) is 0 Å². The molecule has 3 heterocycles. The van der Waals surface area contributed by atoms with E-state index < -0.39 is 0 Å². The van der Waals surface area contributed by atoms with Crippen molar-refractivity contribution in [2.45, 2.75) is 26.7 Å². The third-order valence-electron chi connectivity index (χ3n) is 4.11. The van der Waals surface area contributed by atoms with Crippen molar-refractivity contribution >= 4 is 17.0 Å². The first-order chi connectivity index (χ1) is 10.2. The number of piperidine rings is 1. The molecule has 0 amide bonds. The maximum atomic E-state index is 4.28. The summed E-state index contributed by atoms with van der Waals surface area (Å²) >= 11 is 0. The number of hydrogen-bond acceptors (Lipinski definition) is 5. The highest BCUT2D eigenvalue weighted by molar-refractivity contribution is 5.81. The van der Waals surface area contributed by atoms with Crippen molar-refractivity contribution in [1.29, 1.82) is 0 Å². The zero-order chi connectivity index (χ0) is 14.7. The van der Waals surface area contributed by atoms with Crippen LogP contribution < -0.4 is 5.32 Å². The van der Waals surface area contributed by atoms with Crippen molar-refractivity contribution in [3.63, 3.8) is 0 Å². The fraction of sp³-hybridized carbons (Fsp3) is 0.667. The van der Waals surface area contributed by atoms with E-state index in [0.29, 0.717) is 5.65 Å². The summed E-state index contributed by atoms with van der Waals surface area (Å²) in [4.78, 5) is 18.2. The van der Waals surface area contributed by atoms with Gasteiger partial charge in [0.05, 0.1) is 6.33 Å². The highest BCUT2D eigenvalue weighted by Gasteiger charge is 2.20. The number of anilines is 1. The summed E-state index contributed by atoms with van der Waals surface area (Å²) in [5.41, 5.74) is 1.60. The van der Waals surface area contributed by atoms with Crippen LogP contribution in [-0.4, -0.2) is 51.0 Å². The molecular formula is C15H24N6. The molecule has 2 aromatic heterocycles. The van der Waals surface area contributed by atoms with Crippen LogP contribution in [0.1, 0.15) is 26.7 Å². The van der Waals surface area contributed by atoms with E-state index in [1.54, 1.807) is 12.7 Å². The number of likely N-dealkylation sites (tertiary alicyclic amines) is 1. The Labute approximate surface area is 125 Å². The van der Waals surface area contributed by atoms with Gasteiger partial charge in [-0.3, -0.25) is 0 Å². The third-order valence-corrected chi connectivity index (χ3v) is 4.11. The van der Waals surface area contributed by atoms with Crippen LogP contribution in [0.4, 0.5) is 5.82 Å². The largest absolute Gasteiger partial charge is 0.368 e. The minimum atomic E-state index is 0.714. The van der Waals surface area contributed by atoms with Crippen LogP contribution in [0.3, 0.4) is 0 Å². The summed E-state index contributed by atoms with van der Waals surface area (Å²) in [6.07, 6.45) is 5.70. The van der Waals surface area contributed by atoms with E-state index in [2.05, 4.69) is 44.0 Å². The van der Waals surface area contributed by atoms with Crippen molar-refractivity contribution < 1.29 is 0 Å². The van der Waals surface area contributed by atoms with Gasteiger partial charge in [0.2, 0.25) is 0 Å². The highest BCUT2D eigenvalue weighted by Crippen LogP contribution is 2.21. The lowest BCUT2D eigenvalue weighted by atomic mass is 9.92. The Bertz CT molecular complexity index is 570. The van der Waals surface area contributed by atoms with E-state index in [1.807, 2.05) is 0 Å². The summed E-state index contributed by atoms with van der Waals surface area (Å²) in [6, 6.07) is 0. The van der Waals surface area contributed by atoms with Gasteiger partial charge in [0.1, 0.15) is 11.8 Å². The fourth-order valence-corrected chi connectivity index (χ4v) is 3.38. The molecule has 0 aliphatic carbocycles. The molecule has 6 heteroatoms. The number of rotatable bonds is 5. The van der Waals surface area contributed by atoms with Gasteiger partial charge in [-0.15, -0.1) is 0 Å². The second-order valence-electron chi connectivity index (χ2n) is 6.31. The lowest BCUT2D eigenvalue weighted by Crippen LogP contribution is -2.39. The van der Waals surface area contributed by atoms with Crippen LogP contribution in [0.25, 0.3) is 11.2 Å². The molecule has 0 radical (unpaired) electrons. The Balaban J connectivity index is 1.47. The third kappa shape index (κ3) is 3.50. The van der Waals surface area contributed by atoms with E-state index in [0.717, 1.165) is 42.7 Å². The molecule has 1 aliphatic rings. The zero-order valence-corrected chi connectivity index (χ0v) is 12.8. The first-order valence-electron chi connectivity index (χ1n) is 7.82. The average molecular weight is 288 g/mol. The zero-order valence-electron chi connectivity index (χ0n) is 12.8. The molecular weight excluding hydrogens is 264 g/mol. The summed E-state index contributed by atoms with van der Waals surface area (Å²) in [5, 5.41) is 3.39. The number of hydrogen-bond donors (Lipinski definition) is 2. The molecule has 0 spiro atoms. The molecule has 114 valence electrons. The number of nitrogens with zero attached hydrogens (tertiary/aromatic N) is 4. The van der Waals surface area contributed by atoms with Crippen LogP contribution in [0.15, 0.2) is 12.7 Å². The Morgan fingerprint density at radius 1 is 1.24 bits per heavy atom. The van der Waals surface area contributed by atoms with E-state index in [9.17, 15) is 0 Å². The van der Waals surface area contributed by atoms with E-state index in [1.165, 1.54) is 19.5 Å². The van der Waals surface area contributed by atoms with Crippen molar-refractivity contribution in [3.8, 4) is 0 Å². The number of imidazole rings is 1. The molecule has 0 aromatic carbocycles. The number of H-pyrrole nitrogens is 1. The van der Waals surface area contributed by atoms with Crippen LogP contribution in [-0.2, 0) is 0 Å². The second kappa shape index (κ2) is 6.39. The lowest BCUT2D eigenvalue weighted by molar-refractivity contribution is 0.141. The van der Waals surface area contributed by atoms with Gasteiger partial charge in [-0.2, -0.15) is 0 Å². The van der Waals surface area contributed by atoms with E-state index in [4.69, 9.17) is 0 Å². The molecule has 2 aromatic rings. The van der Waals surface area contributed by atoms with Crippen LogP contribution in [0.2, 0.25) is 0 Å². The Kier molecular flexibility index (Phi) is 4.34. The predicted octanol–water partition coefficient (Wildman–Crippen LogP) is 2.13. The highest BCUT2D eigenvalue weighted by atomic mass is 15.1. The standard InChI is InChI=1S/C15H24N6/c1-11-6-12(2)8-21(7-11)5-3-4-16-14-13-15(18-9-17-13)20-10-19-14/h9-12H,3-8H2,1-2H3,(H2,16,17,18,19,20). The maximum Gasteiger partial charge on any atom is 0.182 e. The van der Waals surface area contributed by atoms with Gasteiger partial charge in [0, 0.05) is 19.6 Å². The Morgan fingerprint density at radius 3 is 2.86 bits per heavy atom. The molecule has 2 atom stereocenters. The second-order valence-corrected chi connectivity index (χ2v) is 6.31. The van der Waals surface area contributed by atoms with E-state index in [-0.39, 0.29) is 0 Å². The van der Waals surface area contributed by atoms with Crippen molar-refractivity contribution in [2.75, 3.05) is 31.5 Å². The van der Waals surface area contributed by atoms with Gasteiger partial charge >= 0.3 is 0 Å². The van der Waals surface area contributed by atoms with Gasteiger partial charge in [0.15, 0.2) is 11.5 Å². The van der Waals surface area contributed by atoms with Crippen LogP contribution in [0.5, 0.6) is 0 Å². The molecule has 1 fully saturated rings. The molecule has 6 nitrogen and oxygen atoms in total. The Morgan fingerprint density at radius 2 is 2.05 bits per heavy atom. The molecule has 2 unspecified atom stereocenters. The predicted molar refractivity (Wildman–Crippen MR) is 84.2 cm³/mol. The SMILES string of the molecule is CC1CC(C)CN(CCCNc2ncnc3nc[nH]c23)C1. The lowest BCUT2D eigenvalue weighted by Gasteiger charge is -2.34. The van der Waals surface area contributed by atoms with Crippen molar-refractivity contribution in [1.82, 2.24) is 24.8 Å². The molecule has 0 bridgehead atoms. The Hall–Kier alpha value is -1.69. The average Bonchev–Trinajstić information content (AvgIpc) is 2.91. The summed E-state index contributed by atoms with van der Waals surface area (Å²) in [5.74, 6) is 2.50. The summed E-state index contributed by atoms with van der Waals surface area (Å²) < 4.78 is 0. The number of fused-ring (bicyclic) bond motifs is 1. The van der Waals surface area contributed by atoms with Crippen LogP contribution >= 0.6 is 0 Å². The number of nitrogens with one attached hydrogen (secondary N) is 2. The number of aromatic nitrogens is 4. The van der Waals surface area contributed by atoms with Crippen LogP contribution in [0, 0.1) is 11.8 Å². The minimum Gasteiger partial charge on any atom is -0.368 e. The summed E-state index contributed by atoms with van der Waals surface area (Å²) in [6.45, 7) is 9.27. The monoisotopic (exact) mass is 288 g/mol. The maximum absolute atomic E-state index is 4.28. The number of aromatic amines is 1. The normalized spacial score (nSPS) is 23.5. The fourth-order valence-electron chi connectivity index (χ4n) is 3.38. The quantitative estimate of drug-likeness (QED) is 0.825. The summed E-state index contributed by atoms with van der Waals surface area (Å²) in [7, 11) is 0. The van der Waals surface area contributed by atoms with Crippen molar-refractivity contribution in [2.24, 2.45) is 11.8 Å². The molecule has 0 saturated carbocycles. The minimum absolute atomic E-state index is 0.714. The molecule has 21 heavy (non-hydrogen) atoms. The first-order valence-corrected chi connectivity index (χ1v) is 7.82. The molecule has 1 aliphatic heterocycles. The molecule has 2 N–H and O–H groups in total. The topological polar surface area (TPSA) is 69.7 Å². The molecule has 1 saturated heterocycles. The molecule has 3 rings (SSSR count). The van der Waals surface area contributed by atoms with Gasteiger partial charge in [-0.05, 0) is 31.2 Å². The van der Waals surface area contributed by atoms with Crippen molar-refractivity contribution in [3.05, 3.63) is 12.7 Å². The van der Waals surface area contributed by atoms with E-state index >= 15 is 0 Å².